The lowest BCUT2D eigenvalue weighted by Crippen LogP contribution is -2.72. The lowest BCUT2D eigenvalue weighted by Gasteiger charge is -2.47. The van der Waals surface area contributed by atoms with Crippen molar-refractivity contribution in [3.8, 4) is 0 Å². The van der Waals surface area contributed by atoms with Gasteiger partial charge in [0.05, 0.1) is 0 Å². The zero-order chi connectivity index (χ0) is 18.2. The summed E-state index contributed by atoms with van der Waals surface area (Å²) in [6.45, 7) is 17.9. The fourth-order valence-corrected chi connectivity index (χ4v) is 10.4. The van der Waals surface area contributed by atoms with Crippen molar-refractivity contribution in [1.29, 1.82) is 0 Å². The van der Waals surface area contributed by atoms with Gasteiger partial charge in [-0.1, -0.05) is 69.4 Å². The van der Waals surface area contributed by atoms with E-state index in [4.69, 9.17) is 4.43 Å². The molecule has 0 aromatic heterocycles. The largest absolute Gasteiger partial charge is 0.417 e. The SMILES string of the molecule is CCN(CC)[Si](C=C[Si](C)(C)OC)(c1ccccc1)N(CC)CC. The van der Waals surface area contributed by atoms with E-state index in [1.165, 1.54) is 5.19 Å². The smallest absolute Gasteiger partial charge is 0.264 e. The van der Waals surface area contributed by atoms with E-state index in [1.807, 2.05) is 7.11 Å². The number of nitrogens with zero attached hydrogens (tertiary/aromatic N) is 2. The highest BCUT2D eigenvalue weighted by Crippen LogP contribution is 2.20. The summed E-state index contributed by atoms with van der Waals surface area (Å²) in [4.78, 5) is 0. The summed E-state index contributed by atoms with van der Waals surface area (Å²) >= 11 is 0. The normalized spacial score (nSPS) is 13.4. The number of rotatable bonds is 10. The molecule has 0 amide bonds. The highest BCUT2D eigenvalue weighted by molar-refractivity contribution is 6.92. The van der Waals surface area contributed by atoms with E-state index >= 15 is 0 Å². The first-order valence-corrected chi connectivity index (χ1v) is 14.2. The molecular weight excluding hydrogens is 328 g/mol. The van der Waals surface area contributed by atoms with E-state index < -0.39 is 16.7 Å². The molecule has 0 heterocycles. The van der Waals surface area contributed by atoms with Crippen LogP contribution in [0.3, 0.4) is 0 Å². The molecule has 3 nitrogen and oxygen atoms in total. The predicted molar refractivity (Wildman–Crippen MR) is 111 cm³/mol. The molecule has 1 aromatic carbocycles. The van der Waals surface area contributed by atoms with Gasteiger partial charge in [-0.2, -0.15) is 0 Å². The van der Waals surface area contributed by atoms with Crippen molar-refractivity contribution in [1.82, 2.24) is 9.13 Å². The zero-order valence-electron chi connectivity index (χ0n) is 16.7. The van der Waals surface area contributed by atoms with Crippen LogP contribution in [-0.2, 0) is 4.43 Å². The lowest BCUT2D eigenvalue weighted by molar-refractivity contribution is 0.372. The quantitative estimate of drug-likeness (QED) is 0.591. The molecule has 0 unspecified atom stereocenters. The van der Waals surface area contributed by atoms with Gasteiger partial charge in [0, 0.05) is 7.11 Å². The summed E-state index contributed by atoms with van der Waals surface area (Å²) in [5, 5.41) is 1.47. The average Bonchev–Trinajstić information content (AvgIpc) is 2.61. The van der Waals surface area contributed by atoms with E-state index in [0.717, 1.165) is 26.2 Å². The van der Waals surface area contributed by atoms with Gasteiger partial charge in [-0.3, -0.25) is 0 Å². The first-order chi connectivity index (χ1) is 11.4. The van der Waals surface area contributed by atoms with Gasteiger partial charge >= 0.3 is 0 Å². The standard InChI is InChI=1S/C19H36N2OSi2/c1-8-20(9-2)24(21(10-3)11-4,18-17-23(6,7)22-5)19-15-13-12-14-16-19/h12-18H,8-11H2,1-7H3. The van der Waals surface area contributed by atoms with Gasteiger partial charge in [-0.15, -0.1) is 0 Å². The minimum Gasteiger partial charge on any atom is -0.417 e. The minimum absolute atomic E-state index is 1.06. The summed E-state index contributed by atoms with van der Waals surface area (Å²) in [5.74, 6) is 0. The van der Waals surface area contributed by atoms with E-state index in [2.05, 4.69) is 91.7 Å². The Morgan fingerprint density at radius 3 is 1.67 bits per heavy atom. The van der Waals surface area contributed by atoms with Crippen molar-refractivity contribution >= 4 is 21.9 Å². The molecule has 0 radical (unpaired) electrons. The van der Waals surface area contributed by atoms with Gasteiger partial charge in [-0.05, 0) is 44.5 Å². The molecule has 24 heavy (non-hydrogen) atoms. The van der Waals surface area contributed by atoms with Gasteiger partial charge < -0.3 is 13.6 Å². The Kier molecular flexibility index (Phi) is 8.60. The number of hydrogen-bond acceptors (Lipinski definition) is 3. The lowest BCUT2D eigenvalue weighted by atomic mass is 10.4. The van der Waals surface area contributed by atoms with Crippen LogP contribution in [0.15, 0.2) is 41.7 Å². The second-order valence-corrected chi connectivity index (χ2v) is 14.2. The van der Waals surface area contributed by atoms with Crippen LogP contribution in [0.4, 0.5) is 0 Å². The molecular formula is C19H36N2OSi2. The van der Waals surface area contributed by atoms with Crippen molar-refractivity contribution in [3.63, 3.8) is 0 Å². The summed E-state index contributed by atoms with van der Waals surface area (Å²) in [6, 6.07) is 11.1. The average molecular weight is 365 g/mol. The van der Waals surface area contributed by atoms with E-state index in [0.29, 0.717) is 0 Å². The van der Waals surface area contributed by atoms with Crippen LogP contribution in [0.2, 0.25) is 13.1 Å². The molecule has 0 spiro atoms. The fourth-order valence-electron chi connectivity index (χ4n) is 3.35. The van der Waals surface area contributed by atoms with E-state index in [1.54, 1.807) is 0 Å². The molecule has 136 valence electrons. The first kappa shape index (κ1) is 21.3. The molecule has 0 bridgehead atoms. The summed E-state index contributed by atoms with van der Waals surface area (Å²) in [6.07, 6.45) is 0. The molecule has 0 fully saturated rings. The maximum absolute atomic E-state index is 5.80. The molecule has 0 aliphatic rings. The van der Waals surface area contributed by atoms with Crippen molar-refractivity contribution < 1.29 is 4.43 Å². The molecule has 0 aliphatic carbocycles. The van der Waals surface area contributed by atoms with Gasteiger partial charge in [0.15, 0.2) is 0 Å². The third kappa shape index (κ3) is 4.67. The third-order valence-electron chi connectivity index (χ3n) is 4.93. The highest BCUT2D eigenvalue weighted by Gasteiger charge is 2.43. The molecule has 0 N–H and O–H groups in total. The minimum atomic E-state index is -2.12. The van der Waals surface area contributed by atoms with Crippen LogP contribution < -0.4 is 5.19 Å². The Labute approximate surface area is 151 Å². The zero-order valence-corrected chi connectivity index (χ0v) is 18.7. The van der Waals surface area contributed by atoms with Crippen molar-refractivity contribution in [2.24, 2.45) is 0 Å². The predicted octanol–water partition coefficient (Wildman–Crippen LogP) is 3.51. The third-order valence-corrected chi connectivity index (χ3v) is 12.3. The fraction of sp³-hybridized carbons (Fsp3) is 0.579. The van der Waals surface area contributed by atoms with Crippen LogP contribution >= 0.6 is 0 Å². The van der Waals surface area contributed by atoms with Crippen LogP contribution in [0.1, 0.15) is 27.7 Å². The summed E-state index contributed by atoms with van der Waals surface area (Å²) in [7, 11) is -2.03. The number of benzene rings is 1. The molecule has 1 aromatic rings. The van der Waals surface area contributed by atoms with Crippen molar-refractivity contribution in [3.05, 3.63) is 41.7 Å². The van der Waals surface area contributed by atoms with Crippen LogP contribution in [0.25, 0.3) is 0 Å². The summed E-state index contributed by atoms with van der Waals surface area (Å²) in [5.41, 5.74) is 4.95. The van der Waals surface area contributed by atoms with Gasteiger partial charge in [0.25, 0.3) is 8.40 Å². The maximum Gasteiger partial charge on any atom is 0.264 e. The van der Waals surface area contributed by atoms with Gasteiger partial charge in [0.1, 0.15) is 0 Å². The monoisotopic (exact) mass is 364 g/mol. The second-order valence-electron chi connectivity index (χ2n) is 6.58. The van der Waals surface area contributed by atoms with Crippen molar-refractivity contribution in [2.45, 2.75) is 40.8 Å². The van der Waals surface area contributed by atoms with Crippen LogP contribution in [-0.4, -0.2) is 59.1 Å². The maximum atomic E-state index is 5.80. The molecule has 1 rings (SSSR count). The Bertz CT molecular complexity index is 485. The van der Waals surface area contributed by atoms with Gasteiger partial charge in [-0.25, -0.2) is 0 Å². The van der Waals surface area contributed by atoms with Crippen LogP contribution in [0.5, 0.6) is 0 Å². The van der Waals surface area contributed by atoms with Crippen molar-refractivity contribution in [2.75, 3.05) is 33.3 Å². The first-order valence-electron chi connectivity index (χ1n) is 9.22. The molecule has 0 atom stereocenters. The Morgan fingerprint density at radius 1 is 0.833 bits per heavy atom. The summed E-state index contributed by atoms with van der Waals surface area (Å²) < 4.78 is 11.2. The molecule has 0 saturated heterocycles. The number of hydrogen-bond donors (Lipinski definition) is 0. The Balaban J connectivity index is 3.60. The van der Waals surface area contributed by atoms with E-state index in [-0.39, 0.29) is 0 Å². The topological polar surface area (TPSA) is 15.7 Å². The highest BCUT2D eigenvalue weighted by atomic mass is 28.4. The second kappa shape index (κ2) is 9.68. The molecule has 5 heteroatoms. The Morgan fingerprint density at radius 2 is 1.29 bits per heavy atom. The van der Waals surface area contributed by atoms with Gasteiger partial charge in [0.2, 0.25) is 8.32 Å². The Hall–Kier alpha value is -0.726. The molecule has 0 saturated carbocycles. The van der Waals surface area contributed by atoms with E-state index in [9.17, 15) is 0 Å². The molecule has 0 aliphatic heterocycles. The van der Waals surface area contributed by atoms with Crippen LogP contribution in [0, 0.1) is 0 Å².